The molecule has 2 aliphatic rings. The molecule has 0 amide bonds. The number of carbonyl (C=O) groups excluding carboxylic acids is 1. The van der Waals surface area contributed by atoms with Crippen LogP contribution in [0.15, 0.2) is 41.3 Å². The highest BCUT2D eigenvalue weighted by Gasteiger charge is 2.36. The number of anilines is 1. The molecule has 0 N–H and O–H groups in total. The van der Waals surface area contributed by atoms with Gasteiger partial charge in [-0.15, -0.1) is 0 Å². The Kier molecular flexibility index (Phi) is 7.29. The Labute approximate surface area is 208 Å². The highest BCUT2D eigenvalue weighted by molar-refractivity contribution is 7.93. The minimum Gasteiger partial charge on any atom is -0.490 e. The van der Waals surface area contributed by atoms with Crippen molar-refractivity contribution < 1.29 is 26.4 Å². The first-order valence-electron chi connectivity index (χ1n) is 12.2. The van der Waals surface area contributed by atoms with E-state index in [1.165, 1.54) is 35.0 Å². The van der Waals surface area contributed by atoms with E-state index >= 15 is 0 Å². The van der Waals surface area contributed by atoms with Crippen LogP contribution in [-0.4, -0.2) is 46.3 Å². The van der Waals surface area contributed by atoms with Crippen LogP contribution in [-0.2, 0) is 32.7 Å². The lowest BCUT2D eigenvalue weighted by molar-refractivity contribution is 0.100. The van der Waals surface area contributed by atoms with E-state index in [0.29, 0.717) is 30.7 Å². The fourth-order valence-electron chi connectivity index (χ4n) is 4.93. The normalized spacial score (nSPS) is 20.3. The summed E-state index contributed by atoms with van der Waals surface area (Å²) in [5.74, 6) is 0.0801. The molecular weight excluding hydrogens is 486 g/mol. The third-order valence-corrected chi connectivity index (χ3v) is 10.6. The second-order valence-electron chi connectivity index (χ2n) is 9.40. The number of hydrogen-bond donors (Lipinski definition) is 0. The number of nitrogens with zero attached hydrogens (tertiary/aromatic N) is 1. The van der Waals surface area contributed by atoms with Crippen molar-refractivity contribution in [2.75, 3.05) is 15.8 Å². The monoisotopic (exact) mass is 519 g/mol. The van der Waals surface area contributed by atoms with Gasteiger partial charge in [0.1, 0.15) is 11.9 Å². The Hall–Kier alpha value is -2.39. The molecule has 1 unspecified atom stereocenters. The summed E-state index contributed by atoms with van der Waals surface area (Å²) in [6.45, 7) is 5.44. The van der Waals surface area contributed by atoms with Gasteiger partial charge in [0, 0.05) is 6.04 Å². The predicted octanol–water partition coefficient (Wildman–Crippen LogP) is 4.33. The minimum absolute atomic E-state index is 0.0477. The van der Waals surface area contributed by atoms with Crippen LogP contribution >= 0.6 is 0 Å². The van der Waals surface area contributed by atoms with Gasteiger partial charge in [-0.25, -0.2) is 16.8 Å². The summed E-state index contributed by atoms with van der Waals surface area (Å²) in [5.41, 5.74) is 3.09. The second kappa shape index (κ2) is 9.93. The van der Waals surface area contributed by atoms with Gasteiger partial charge in [-0.2, -0.15) is 0 Å². The quantitative estimate of drug-likeness (QED) is 0.505. The van der Waals surface area contributed by atoms with Crippen molar-refractivity contribution >= 4 is 31.3 Å². The first kappa shape index (κ1) is 25.7. The number of hydrogen-bond acceptors (Lipinski definition) is 6. The van der Waals surface area contributed by atoms with Crippen molar-refractivity contribution in [3.05, 3.63) is 53.1 Å². The maximum atomic E-state index is 13.9. The lowest BCUT2D eigenvalue weighted by Gasteiger charge is -2.37. The third kappa shape index (κ3) is 5.26. The van der Waals surface area contributed by atoms with E-state index in [1.54, 1.807) is 0 Å². The molecular formula is C26H33NO6S2. The molecule has 1 fully saturated rings. The molecule has 2 heterocycles. The average molecular weight is 520 g/mol. The molecule has 0 spiro atoms. The van der Waals surface area contributed by atoms with Crippen LogP contribution in [0, 0.1) is 0 Å². The van der Waals surface area contributed by atoms with E-state index in [4.69, 9.17) is 4.74 Å². The number of fused-ring (bicyclic) bond motifs is 1. The molecule has 0 radical (unpaired) electrons. The van der Waals surface area contributed by atoms with Crippen LogP contribution < -0.4 is 9.04 Å². The van der Waals surface area contributed by atoms with E-state index in [-0.39, 0.29) is 39.9 Å². The number of Topliss-reactive ketones (excluding diaryl/α,β-unsaturated/α-hetero) is 1. The Morgan fingerprint density at radius 3 is 2.40 bits per heavy atom. The van der Waals surface area contributed by atoms with Gasteiger partial charge < -0.3 is 4.74 Å². The van der Waals surface area contributed by atoms with Gasteiger partial charge in [0.2, 0.25) is 0 Å². The topological polar surface area (TPSA) is 97.8 Å². The first-order chi connectivity index (χ1) is 16.6. The van der Waals surface area contributed by atoms with Crippen molar-refractivity contribution in [2.45, 2.75) is 76.3 Å². The summed E-state index contributed by atoms with van der Waals surface area (Å²) in [5, 5.41) is 0. The molecule has 4 rings (SSSR count). The van der Waals surface area contributed by atoms with Crippen LogP contribution in [0.1, 0.15) is 67.9 Å². The second-order valence-corrected chi connectivity index (χ2v) is 13.5. The van der Waals surface area contributed by atoms with Crippen molar-refractivity contribution in [3.8, 4) is 5.75 Å². The van der Waals surface area contributed by atoms with Gasteiger partial charge in [-0.05, 0) is 80.8 Å². The van der Waals surface area contributed by atoms with Gasteiger partial charge in [-0.3, -0.25) is 9.10 Å². The number of sulfonamides is 1. The number of rotatable bonds is 7. The van der Waals surface area contributed by atoms with Crippen molar-refractivity contribution in [3.63, 3.8) is 0 Å². The molecule has 2 aromatic carbocycles. The fourth-order valence-corrected chi connectivity index (χ4v) is 8.20. The zero-order valence-corrected chi connectivity index (χ0v) is 22.1. The zero-order valence-electron chi connectivity index (χ0n) is 20.5. The molecule has 0 aromatic heterocycles. The lowest BCUT2D eigenvalue weighted by Crippen LogP contribution is -2.43. The third-order valence-electron chi connectivity index (χ3n) is 7.02. The van der Waals surface area contributed by atoms with Gasteiger partial charge >= 0.3 is 0 Å². The Balaban J connectivity index is 1.70. The Morgan fingerprint density at radius 1 is 1.06 bits per heavy atom. The van der Waals surface area contributed by atoms with Crippen LogP contribution in [0.4, 0.5) is 5.69 Å². The highest BCUT2D eigenvalue weighted by atomic mass is 32.2. The van der Waals surface area contributed by atoms with Crippen LogP contribution in [0.25, 0.3) is 0 Å². The summed E-state index contributed by atoms with van der Waals surface area (Å²) in [4.78, 5) is 12.5. The first-order valence-corrected chi connectivity index (χ1v) is 15.5. The molecule has 0 aliphatic carbocycles. The molecule has 35 heavy (non-hydrogen) atoms. The molecule has 0 bridgehead atoms. The zero-order chi connectivity index (χ0) is 25.4. The largest absolute Gasteiger partial charge is 0.490 e. The number of ether oxygens (including phenoxy) is 1. The number of ketones is 1. The van der Waals surface area contributed by atoms with E-state index in [1.807, 2.05) is 19.1 Å². The number of benzene rings is 2. The van der Waals surface area contributed by atoms with Gasteiger partial charge in [-0.1, -0.05) is 26.0 Å². The average Bonchev–Trinajstić information content (AvgIpc) is 2.84. The lowest BCUT2D eigenvalue weighted by atomic mass is 9.94. The Morgan fingerprint density at radius 2 is 1.77 bits per heavy atom. The summed E-state index contributed by atoms with van der Waals surface area (Å²) >= 11 is 0. The molecule has 2 aliphatic heterocycles. The van der Waals surface area contributed by atoms with Crippen molar-refractivity contribution in [2.24, 2.45) is 0 Å². The molecule has 2 aromatic rings. The number of carbonyl (C=O) groups is 1. The maximum Gasteiger partial charge on any atom is 0.264 e. The smallest absolute Gasteiger partial charge is 0.264 e. The summed E-state index contributed by atoms with van der Waals surface area (Å²) in [6, 6.07) is 10.2. The van der Waals surface area contributed by atoms with Crippen molar-refractivity contribution in [1.29, 1.82) is 0 Å². The molecule has 1 saturated heterocycles. The van der Waals surface area contributed by atoms with E-state index in [0.717, 1.165) is 24.8 Å². The standard InChI is InChI=1S/C26H33NO6S2/c1-4-19-6-10-25-20(16-19)7-8-21(5-2)27(25)35(31,32)23-9-11-26(24(17-23)18(3)28)33-22-12-14-34(29,30)15-13-22/h6,9-11,16-17,21-22H,4-5,7-8,12-15H2,1-3H3. The minimum atomic E-state index is -3.93. The van der Waals surface area contributed by atoms with E-state index < -0.39 is 19.9 Å². The predicted molar refractivity (Wildman–Crippen MR) is 137 cm³/mol. The van der Waals surface area contributed by atoms with Gasteiger partial charge in [0.15, 0.2) is 15.6 Å². The van der Waals surface area contributed by atoms with Gasteiger partial charge in [0.05, 0.1) is 27.7 Å². The highest BCUT2D eigenvalue weighted by Crippen LogP contribution is 2.38. The van der Waals surface area contributed by atoms with Crippen molar-refractivity contribution in [1.82, 2.24) is 0 Å². The molecule has 0 saturated carbocycles. The fraction of sp³-hybridized carbons (Fsp3) is 0.500. The summed E-state index contributed by atoms with van der Waals surface area (Å²) in [6.07, 6.45) is 3.50. The van der Waals surface area contributed by atoms with E-state index in [2.05, 4.69) is 13.0 Å². The molecule has 190 valence electrons. The van der Waals surface area contributed by atoms with Crippen LogP contribution in [0.2, 0.25) is 0 Å². The van der Waals surface area contributed by atoms with Gasteiger partial charge in [0.25, 0.3) is 10.0 Å². The number of sulfone groups is 1. The SMILES string of the molecule is CCc1ccc2c(c1)CCC(CC)N2S(=O)(=O)c1ccc(OC2CCS(=O)(=O)CC2)c(C(C)=O)c1. The maximum absolute atomic E-state index is 13.9. The summed E-state index contributed by atoms with van der Waals surface area (Å²) in [7, 11) is -6.97. The van der Waals surface area contributed by atoms with E-state index in [9.17, 15) is 21.6 Å². The van der Waals surface area contributed by atoms with Crippen LogP contribution in [0.3, 0.4) is 0 Å². The molecule has 1 atom stereocenters. The molecule has 7 nitrogen and oxygen atoms in total. The summed E-state index contributed by atoms with van der Waals surface area (Å²) < 4.78 is 58.8. The van der Waals surface area contributed by atoms with Crippen LogP contribution in [0.5, 0.6) is 5.75 Å². The Bertz CT molecular complexity index is 1320. The molecule has 9 heteroatoms. The number of aryl methyl sites for hydroxylation is 2.